The molecule has 2 heterocycles. The van der Waals surface area contributed by atoms with E-state index in [1.807, 2.05) is 24.3 Å². The molecule has 28 heavy (non-hydrogen) atoms. The van der Waals surface area contributed by atoms with E-state index >= 15 is 0 Å². The van der Waals surface area contributed by atoms with Crippen LogP contribution in [0.15, 0.2) is 42.2 Å². The van der Waals surface area contributed by atoms with Gasteiger partial charge in [0.1, 0.15) is 17.2 Å². The number of carbonyl (C=O) groups excluding carboxylic acids is 1. The van der Waals surface area contributed by atoms with Gasteiger partial charge in [-0.25, -0.2) is 0 Å². The van der Waals surface area contributed by atoms with Crippen LogP contribution < -0.4 is 9.47 Å². The number of hydrogen-bond acceptors (Lipinski definition) is 5. The topological polar surface area (TPSA) is 59.0 Å². The van der Waals surface area contributed by atoms with Gasteiger partial charge in [-0.15, -0.1) is 0 Å². The zero-order chi connectivity index (χ0) is 19.7. The van der Waals surface area contributed by atoms with Crippen molar-refractivity contribution in [3.63, 3.8) is 0 Å². The minimum atomic E-state index is -0.154. The number of hydrogen-bond donors (Lipinski definition) is 1. The Bertz CT molecular complexity index is 917. The van der Waals surface area contributed by atoms with Crippen molar-refractivity contribution in [2.75, 3.05) is 20.2 Å². The number of methoxy groups -OCH3 is 1. The van der Waals surface area contributed by atoms with Gasteiger partial charge in [-0.2, -0.15) is 0 Å². The summed E-state index contributed by atoms with van der Waals surface area (Å²) in [6.07, 6.45) is 4.12. The largest absolute Gasteiger partial charge is 0.507 e. The minimum Gasteiger partial charge on any atom is -0.507 e. The summed E-state index contributed by atoms with van der Waals surface area (Å²) in [4.78, 5) is 15.1. The summed E-state index contributed by atoms with van der Waals surface area (Å²) >= 11 is 0. The molecular formula is C23H25NO4. The van der Waals surface area contributed by atoms with Crippen LogP contribution in [0.2, 0.25) is 0 Å². The van der Waals surface area contributed by atoms with Gasteiger partial charge in [0.15, 0.2) is 5.76 Å². The molecule has 1 N–H and O–H groups in total. The van der Waals surface area contributed by atoms with Crippen molar-refractivity contribution >= 4 is 11.9 Å². The molecule has 0 aromatic heterocycles. The number of phenols is 1. The highest BCUT2D eigenvalue weighted by molar-refractivity contribution is 6.15. The van der Waals surface area contributed by atoms with Gasteiger partial charge < -0.3 is 14.6 Å². The van der Waals surface area contributed by atoms with Crippen molar-refractivity contribution in [3.05, 3.63) is 58.8 Å². The molecule has 2 aromatic carbocycles. The molecule has 4 rings (SSSR count). The fraction of sp³-hybridized carbons (Fsp3) is 0.348. The first-order chi connectivity index (χ1) is 13.5. The number of nitrogens with zero attached hydrogens (tertiary/aromatic N) is 1. The second-order valence-corrected chi connectivity index (χ2v) is 7.64. The fourth-order valence-electron chi connectivity index (χ4n) is 3.96. The lowest BCUT2D eigenvalue weighted by Gasteiger charge is -2.31. The lowest BCUT2D eigenvalue weighted by molar-refractivity contribution is 0.101. The van der Waals surface area contributed by atoms with Gasteiger partial charge in [0, 0.05) is 13.1 Å². The Morgan fingerprint density at radius 3 is 2.75 bits per heavy atom. The Morgan fingerprint density at radius 2 is 2.04 bits per heavy atom. The summed E-state index contributed by atoms with van der Waals surface area (Å²) in [6.45, 7) is 4.82. The highest BCUT2D eigenvalue weighted by Crippen LogP contribution is 2.40. The molecule has 2 aromatic rings. The summed E-state index contributed by atoms with van der Waals surface area (Å²) in [5.41, 5.74) is 2.06. The van der Waals surface area contributed by atoms with Crippen LogP contribution in [-0.4, -0.2) is 36.0 Å². The third-order valence-corrected chi connectivity index (χ3v) is 5.45. The summed E-state index contributed by atoms with van der Waals surface area (Å²) < 4.78 is 11.1. The maximum Gasteiger partial charge on any atom is 0.231 e. The van der Waals surface area contributed by atoms with Gasteiger partial charge in [0.2, 0.25) is 5.78 Å². The number of allylic oxidation sites excluding steroid dienone is 1. The first-order valence-corrected chi connectivity index (χ1v) is 9.70. The van der Waals surface area contributed by atoms with Crippen LogP contribution in [-0.2, 0) is 6.54 Å². The molecule has 2 aliphatic heterocycles. The zero-order valence-electron chi connectivity index (χ0n) is 16.3. The summed E-state index contributed by atoms with van der Waals surface area (Å²) in [5.74, 6) is 2.18. The zero-order valence-corrected chi connectivity index (χ0v) is 16.3. The number of piperidine rings is 1. The highest BCUT2D eigenvalue weighted by Gasteiger charge is 2.32. The van der Waals surface area contributed by atoms with Crippen LogP contribution in [0, 0.1) is 5.92 Å². The normalized spacial score (nSPS) is 20.9. The number of fused-ring (bicyclic) bond motifs is 1. The van der Waals surface area contributed by atoms with Gasteiger partial charge in [-0.1, -0.05) is 19.1 Å². The number of aromatic hydroxyl groups is 1. The third kappa shape index (κ3) is 3.62. The molecule has 146 valence electrons. The van der Waals surface area contributed by atoms with Gasteiger partial charge in [-0.05, 0) is 61.2 Å². The predicted molar refractivity (Wildman–Crippen MR) is 108 cm³/mol. The predicted octanol–water partition coefficient (Wildman–Crippen LogP) is 4.25. The molecule has 2 aliphatic rings. The average molecular weight is 379 g/mol. The molecule has 1 atom stereocenters. The van der Waals surface area contributed by atoms with E-state index in [1.165, 1.54) is 6.42 Å². The van der Waals surface area contributed by atoms with Crippen LogP contribution >= 0.6 is 0 Å². The minimum absolute atomic E-state index is 0.154. The molecule has 1 fully saturated rings. The van der Waals surface area contributed by atoms with E-state index in [0.29, 0.717) is 29.3 Å². The molecule has 1 unspecified atom stereocenters. The van der Waals surface area contributed by atoms with Crippen molar-refractivity contribution in [2.45, 2.75) is 26.3 Å². The maximum absolute atomic E-state index is 12.8. The van der Waals surface area contributed by atoms with Crippen LogP contribution in [0.3, 0.4) is 0 Å². The van der Waals surface area contributed by atoms with Crippen LogP contribution in [0.1, 0.15) is 41.3 Å². The van der Waals surface area contributed by atoms with Crippen molar-refractivity contribution in [3.8, 4) is 17.2 Å². The SMILES string of the molecule is COc1ccc(C=C2Oc3c(ccc(O)c3CN3CCCC(C)C3)C2=O)cc1. The smallest absolute Gasteiger partial charge is 0.231 e. The quantitative estimate of drug-likeness (QED) is 0.805. The number of Topliss-reactive ketones (excluding diaryl/α,β-unsaturated/α-hetero) is 1. The Balaban J connectivity index is 1.61. The van der Waals surface area contributed by atoms with Crippen molar-refractivity contribution in [2.24, 2.45) is 5.92 Å². The van der Waals surface area contributed by atoms with Gasteiger partial charge in [0.25, 0.3) is 0 Å². The molecular weight excluding hydrogens is 354 g/mol. The van der Waals surface area contributed by atoms with Crippen LogP contribution in [0.25, 0.3) is 6.08 Å². The van der Waals surface area contributed by atoms with Crippen molar-refractivity contribution in [1.82, 2.24) is 4.90 Å². The van der Waals surface area contributed by atoms with E-state index in [9.17, 15) is 9.90 Å². The van der Waals surface area contributed by atoms with E-state index in [2.05, 4.69) is 11.8 Å². The molecule has 0 aliphatic carbocycles. The van der Waals surface area contributed by atoms with Crippen LogP contribution in [0.5, 0.6) is 17.2 Å². The van der Waals surface area contributed by atoms with Gasteiger partial charge in [0.05, 0.1) is 18.2 Å². The molecule has 0 bridgehead atoms. The molecule has 5 heteroatoms. The average Bonchev–Trinajstić information content (AvgIpc) is 3.01. The maximum atomic E-state index is 12.8. The Labute approximate surface area is 165 Å². The molecule has 1 saturated heterocycles. The molecule has 0 radical (unpaired) electrons. The van der Waals surface area contributed by atoms with Gasteiger partial charge in [-0.3, -0.25) is 9.69 Å². The molecule has 0 saturated carbocycles. The number of phenolic OH excluding ortho intramolecular Hbond substituents is 1. The lowest BCUT2D eigenvalue weighted by Crippen LogP contribution is -2.33. The Morgan fingerprint density at radius 1 is 1.25 bits per heavy atom. The number of benzene rings is 2. The Kier molecular flexibility index (Phi) is 5.09. The highest BCUT2D eigenvalue weighted by atomic mass is 16.5. The second-order valence-electron chi connectivity index (χ2n) is 7.64. The van der Waals surface area contributed by atoms with E-state index in [-0.39, 0.29) is 17.3 Å². The molecule has 5 nitrogen and oxygen atoms in total. The van der Waals surface area contributed by atoms with E-state index in [0.717, 1.165) is 30.8 Å². The molecule has 0 amide bonds. The monoisotopic (exact) mass is 379 g/mol. The first kappa shape index (κ1) is 18.6. The third-order valence-electron chi connectivity index (χ3n) is 5.45. The summed E-state index contributed by atoms with van der Waals surface area (Å²) in [6, 6.07) is 10.7. The van der Waals surface area contributed by atoms with E-state index < -0.39 is 0 Å². The lowest BCUT2D eigenvalue weighted by atomic mass is 9.99. The number of carbonyl (C=O) groups is 1. The van der Waals surface area contributed by atoms with E-state index in [4.69, 9.17) is 9.47 Å². The Hall–Kier alpha value is -2.79. The van der Waals surface area contributed by atoms with Gasteiger partial charge >= 0.3 is 0 Å². The van der Waals surface area contributed by atoms with E-state index in [1.54, 1.807) is 25.3 Å². The van der Waals surface area contributed by atoms with Crippen molar-refractivity contribution in [1.29, 1.82) is 0 Å². The second kappa shape index (κ2) is 7.68. The number of likely N-dealkylation sites (tertiary alicyclic amines) is 1. The summed E-state index contributed by atoms with van der Waals surface area (Å²) in [5, 5.41) is 10.4. The number of rotatable bonds is 4. The van der Waals surface area contributed by atoms with Crippen LogP contribution in [0.4, 0.5) is 0 Å². The number of ketones is 1. The summed E-state index contributed by atoms with van der Waals surface area (Å²) in [7, 11) is 1.62. The first-order valence-electron chi connectivity index (χ1n) is 9.70. The molecule has 0 spiro atoms. The number of ether oxygens (including phenoxy) is 2. The fourth-order valence-corrected chi connectivity index (χ4v) is 3.96. The van der Waals surface area contributed by atoms with Crippen molar-refractivity contribution < 1.29 is 19.4 Å². The standard InChI is InChI=1S/C23H25NO4/c1-15-4-3-11-24(13-15)14-19-20(25)10-9-18-22(26)21(28-23(18)19)12-16-5-7-17(27-2)8-6-16/h5-10,12,15,25H,3-4,11,13-14H2,1-2H3.